The van der Waals surface area contributed by atoms with Gasteiger partial charge in [0, 0.05) is 56.9 Å². The molecule has 0 aromatic heterocycles. The highest BCUT2D eigenvalue weighted by Gasteiger charge is 2.80. The van der Waals surface area contributed by atoms with Crippen molar-refractivity contribution in [3.63, 3.8) is 0 Å². The number of aliphatic hydroxyl groups is 1. The van der Waals surface area contributed by atoms with Gasteiger partial charge in [-0.05, 0) is 0 Å². The summed E-state index contributed by atoms with van der Waals surface area (Å²) in [5.41, 5.74) is 0. The van der Waals surface area contributed by atoms with Gasteiger partial charge in [0.1, 0.15) is 98.9 Å². The molecule has 56 heteroatoms. The Hall–Kier alpha value is -2.04. The number of aliphatic hydroxyl groups excluding tert-OH is 1. The molecule has 5 heterocycles. The normalized spacial score (nSPS) is 39.4. The molecule has 1 saturated carbocycles. The van der Waals surface area contributed by atoms with Crippen molar-refractivity contribution < 1.29 is 221 Å². The van der Waals surface area contributed by atoms with E-state index in [1.165, 1.54) is 14.2 Å². The summed E-state index contributed by atoms with van der Waals surface area (Å²) in [5, 5.41) is 10.2. The fraction of sp³-hybridized carbons (Fsp3) is 0.974. The van der Waals surface area contributed by atoms with Crippen LogP contribution in [-0.4, -0.2) is 329 Å². The molecule has 5 saturated heterocycles. The molecule has 5 aliphatic heterocycles. The average molecular weight is 1540 g/mol. The summed E-state index contributed by atoms with van der Waals surface area (Å²) in [4.78, 5) is 17.0. The summed E-state index contributed by atoms with van der Waals surface area (Å²) in [6.07, 6.45) is -49.1. The molecule has 1 aliphatic carbocycles. The lowest BCUT2D eigenvalue weighted by atomic mass is 9.97. The van der Waals surface area contributed by atoms with Crippen LogP contribution >= 0.6 is 0 Å². The number of methoxy groups -OCH3 is 8. The Balaban J connectivity index is 1.43. The number of carbonyl (C=O) groups is 1. The van der Waals surface area contributed by atoms with Gasteiger partial charge in [-0.25, -0.2) is 30.0 Å². The van der Waals surface area contributed by atoms with Gasteiger partial charge in [0.25, 0.3) is 6.47 Å². The van der Waals surface area contributed by atoms with E-state index in [-0.39, 0.29) is 6.47 Å². The lowest BCUT2D eigenvalue weighted by Gasteiger charge is -2.50. The van der Waals surface area contributed by atoms with E-state index >= 15 is 0 Å². The second-order valence-electron chi connectivity index (χ2n) is 19.7. The number of hydrogen-bond acceptors (Lipinski definition) is 42. The van der Waals surface area contributed by atoms with Crippen molar-refractivity contribution in [3.8, 4) is 0 Å². The highest BCUT2D eigenvalue weighted by Crippen LogP contribution is 2.63. The molecule has 49 nitrogen and oxygen atoms in total. The van der Waals surface area contributed by atoms with E-state index in [1.807, 2.05) is 0 Å². The largest absolute Gasteiger partial charge is 0.437 e. The zero-order valence-corrected chi connectivity index (χ0v) is 55.2. The molecular weight excluding hydrogens is 1480 g/mol. The Kier molecular flexibility index (Phi) is 29.2. The zero-order chi connectivity index (χ0) is 71.1. The molecule has 95 heavy (non-hydrogen) atoms. The zero-order valence-electron chi connectivity index (χ0n) is 49.5. The van der Waals surface area contributed by atoms with Crippen LogP contribution in [0.25, 0.3) is 0 Å². The minimum atomic E-state index is -6.07. The fourth-order valence-electron chi connectivity index (χ4n) is 11.1. The lowest BCUT2D eigenvalue weighted by molar-refractivity contribution is -0.416. The van der Waals surface area contributed by atoms with Gasteiger partial charge in [-0.15, -0.1) is 4.33 Å². The Bertz CT molecular complexity index is 3220. The van der Waals surface area contributed by atoms with E-state index in [2.05, 4.69) is 21.1 Å². The van der Waals surface area contributed by atoms with Crippen molar-refractivity contribution in [2.75, 3.05) is 83.5 Å². The van der Waals surface area contributed by atoms with Crippen LogP contribution in [0.1, 0.15) is 0 Å². The summed E-state index contributed by atoms with van der Waals surface area (Å²) in [6.45, 7) is -5.35. The van der Waals surface area contributed by atoms with Crippen LogP contribution in [0.3, 0.4) is 0 Å². The van der Waals surface area contributed by atoms with Crippen LogP contribution in [0.5, 0.6) is 0 Å². The smallest absolute Gasteiger partial charge is 0.397 e. The summed E-state index contributed by atoms with van der Waals surface area (Å²) in [7, 11) is -26.5. The van der Waals surface area contributed by atoms with Crippen LogP contribution in [0.15, 0.2) is 0 Å². The van der Waals surface area contributed by atoms with E-state index in [0.29, 0.717) is 0 Å². The molecule has 6 rings (SSSR count). The highest BCUT2D eigenvalue weighted by atomic mass is 32.3. The van der Waals surface area contributed by atoms with Gasteiger partial charge < -0.3 is 95.1 Å². The SMILES string of the molecule is COC1C(OC)[C@H](OC)C(COS(=O)(=O)O)O[C@@H]1O[C@@H]1C(OCO)O[C@@H](O[C@@H]2C(COOS(=O)O)O[C@@H](OC3(OC)[C@@H]4C(OC=O)O[C@@H](O[C@@H]5C(COS(=O)(=O)O)O[C@H](OC)C(OS(=O)(=O)O)C5OS(=O)(=O)O)C(OC)[C@H]43)C(OS(=O)(=O)O)[C@H]2OS(=O)(=O)O)C(OC)C1OC. The Labute approximate surface area is 541 Å². The predicted octanol–water partition coefficient (Wildman–Crippen LogP) is -7.36. The molecule has 0 spiro atoms. The van der Waals surface area contributed by atoms with Gasteiger partial charge in [0.2, 0.25) is 6.29 Å². The third kappa shape index (κ3) is 21.5. The molecule has 8 N–H and O–H groups in total. The summed E-state index contributed by atoms with van der Waals surface area (Å²) in [6, 6.07) is 0. The minimum Gasteiger partial charge on any atom is -0.437 e. The predicted molar refractivity (Wildman–Crippen MR) is 281 cm³/mol. The second kappa shape index (κ2) is 33.8. The molecule has 0 bridgehead atoms. The molecule has 6 fully saturated rings. The summed E-state index contributed by atoms with van der Waals surface area (Å²) in [5.74, 6) is -6.19. The van der Waals surface area contributed by atoms with Crippen molar-refractivity contribution in [2.45, 2.75) is 147 Å². The molecule has 27 atom stereocenters. The first kappa shape index (κ1) is 81.9. The molecule has 6 aliphatic rings. The van der Waals surface area contributed by atoms with Crippen molar-refractivity contribution in [3.05, 3.63) is 0 Å². The number of hydrogen-bond donors (Lipinski definition) is 8. The standard InChI is InChI=1S/C39H66O49S7/c1-62-19-15(10-73-90(44,45)46)76-36(27(66-5)23(19)64-3)80-29-24(65-4)28(67-6)37(82-34(29)71-13-41)79-20-14(9-72-88-89(42)43)77-38(31(87-95(59,60)61)26(20)85-93(53,54)55)83-39(69-8)17-18(39)32(70-12-40)81-35(22(17)63-2)78-21-16(11-74-91(47,48)49)75-33(68-7)30(86-94(56,57)58)25(21)84-92(50,51)52/h12,14-38,41H,9-11,13H2,1-8H3,(H,42,43)(H,44,45,46)(H,47,48,49)(H,50,51,52)(H,53,54,55)(H,56,57,58)(H,59,60,61)/t14?,15?,16?,17-,18-,19+,20+,21+,22?,23?,24?,25?,26-,27?,28?,29-,30?,31?,32?,33-,34?,35+,36+,37+,38-,39?/m0/s1. The summed E-state index contributed by atoms with van der Waals surface area (Å²) < 4.78 is 369. The van der Waals surface area contributed by atoms with Crippen LogP contribution in [0.4, 0.5) is 0 Å². The van der Waals surface area contributed by atoms with Crippen LogP contribution in [0, 0.1) is 11.8 Å². The Morgan fingerprint density at radius 3 is 1.22 bits per heavy atom. The topological polar surface area (TPSA) is 650 Å². The quantitative estimate of drug-likeness (QED) is 0.00711. The molecule has 0 aromatic rings. The first-order valence-corrected chi connectivity index (χ1v) is 35.2. The fourth-order valence-corrected chi connectivity index (χ4v) is 13.8. The van der Waals surface area contributed by atoms with Gasteiger partial charge in [0.05, 0.1) is 25.0 Å². The van der Waals surface area contributed by atoms with E-state index in [9.17, 15) is 96.5 Å². The average Bonchev–Trinajstić information content (AvgIpc) is 1.52. The van der Waals surface area contributed by atoms with Crippen molar-refractivity contribution in [1.82, 2.24) is 0 Å². The molecule has 0 aromatic carbocycles. The lowest BCUT2D eigenvalue weighted by Crippen LogP contribution is -2.68. The van der Waals surface area contributed by atoms with Gasteiger partial charge >= 0.3 is 73.8 Å². The van der Waals surface area contributed by atoms with Crippen molar-refractivity contribution >= 4 is 80.2 Å². The number of rotatable bonds is 38. The van der Waals surface area contributed by atoms with Crippen molar-refractivity contribution in [1.29, 1.82) is 0 Å². The Morgan fingerprint density at radius 1 is 0.411 bits per heavy atom. The van der Waals surface area contributed by atoms with Gasteiger partial charge in [-0.3, -0.25) is 36.7 Å². The monoisotopic (exact) mass is 1540 g/mol. The van der Waals surface area contributed by atoms with Gasteiger partial charge in [0.15, 0.2) is 55.7 Å². The first-order valence-electron chi connectivity index (χ1n) is 25.9. The molecular formula is C39H66O49S7. The van der Waals surface area contributed by atoms with Gasteiger partial charge in [-0.1, -0.05) is 0 Å². The van der Waals surface area contributed by atoms with E-state index < -0.39 is 260 Å². The Morgan fingerprint density at radius 2 is 0.800 bits per heavy atom. The number of fused-ring (bicyclic) bond motifs is 1. The van der Waals surface area contributed by atoms with E-state index in [4.69, 9.17) is 103 Å². The highest BCUT2D eigenvalue weighted by molar-refractivity contribution is 7.82. The molecule has 558 valence electrons. The third-order valence-corrected chi connectivity index (χ3v) is 17.4. The summed E-state index contributed by atoms with van der Waals surface area (Å²) >= 11 is -3.34. The van der Waals surface area contributed by atoms with Crippen LogP contribution in [-0.2, 0) is 203 Å². The second-order valence-corrected chi connectivity index (χ2v) is 26.6. The molecule has 0 amide bonds. The maximum atomic E-state index is 13.0. The maximum absolute atomic E-state index is 13.0. The van der Waals surface area contributed by atoms with Crippen molar-refractivity contribution in [2.24, 2.45) is 11.8 Å². The first-order chi connectivity index (χ1) is 44.2. The van der Waals surface area contributed by atoms with Gasteiger partial charge in [-0.2, -0.15) is 54.7 Å². The third-order valence-electron chi connectivity index (χ3n) is 14.4. The molecule has 0 radical (unpaired) electrons. The van der Waals surface area contributed by atoms with E-state index in [1.54, 1.807) is 0 Å². The van der Waals surface area contributed by atoms with Crippen LogP contribution in [0.2, 0.25) is 0 Å². The number of carbonyl (C=O) groups excluding carboxylic acids is 1. The maximum Gasteiger partial charge on any atom is 0.397 e. The minimum absolute atomic E-state index is 0.298. The number of ether oxygens (including phenoxy) is 19. The van der Waals surface area contributed by atoms with E-state index in [0.717, 1.165) is 42.7 Å². The van der Waals surface area contributed by atoms with Crippen LogP contribution < -0.4 is 0 Å². The molecule has 15 unspecified atom stereocenters.